The summed E-state index contributed by atoms with van der Waals surface area (Å²) >= 11 is 0. The van der Waals surface area contributed by atoms with Gasteiger partial charge in [0.15, 0.2) is 5.66 Å². The molecule has 2 atom stereocenters. The first-order valence-electron chi connectivity index (χ1n) is 10.9. The number of carbonyl (C=O) groups is 2. The minimum absolute atomic E-state index is 0.147. The summed E-state index contributed by atoms with van der Waals surface area (Å²) < 4.78 is 38.8. The Morgan fingerprint density at radius 3 is 1.91 bits per heavy atom. The summed E-state index contributed by atoms with van der Waals surface area (Å²) in [6.07, 6.45) is 6.32. The summed E-state index contributed by atoms with van der Waals surface area (Å²) in [7, 11) is 3.37. The average molecular weight is 473 g/mol. The van der Waals surface area contributed by atoms with Crippen LogP contribution in [-0.4, -0.2) is 53.5 Å². The zero-order chi connectivity index (χ0) is 24.1. The average Bonchev–Trinajstić information content (AvgIpc) is 2.83. The fourth-order valence-corrected chi connectivity index (χ4v) is 5.43. The van der Waals surface area contributed by atoms with Crippen LogP contribution >= 0.6 is 7.60 Å². The third kappa shape index (κ3) is 7.32. The van der Waals surface area contributed by atoms with Crippen molar-refractivity contribution < 1.29 is 37.4 Å². The zero-order valence-electron chi connectivity index (χ0n) is 20.0. The summed E-state index contributed by atoms with van der Waals surface area (Å²) in [5.41, 5.74) is 0.470. The number of methoxy groups -OCH3 is 3. The monoisotopic (exact) mass is 472 g/mol. The maximum absolute atomic E-state index is 12.8. The number of ether oxygens (including phenoxy) is 3. The number of aldehydes is 1. The van der Waals surface area contributed by atoms with Crippen LogP contribution in [-0.2, 0) is 23.1 Å². The predicted molar refractivity (Wildman–Crippen MR) is 123 cm³/mol. The number of hydrogen-bond acceptors (Lipinski definition) is 8. The van der Waals surface area contributed by atoms with Crippen molar-refractivity contribution in [1.29, 1.82) is 0 Å². The van der Waals surface area contributed by atoms with Gasteiger partial charge in [-0.15, -0.1) is 0 Å². The Labute approximate surface area is 191 Å². The minimum Gasteiger partial charge on any atom is -0.496 e. The highest BCUT2D eigenvalue weighted by molar-refractivity contribution is 7.55. The van der Waals surface area contributed by atoms with Gasteiger partial charge in [-0.05, 0) is 37.3 Å². The van der Waals surface area contributed by atoms with Gasteiger partial charge in [0.1, 0.15) is 17.8 Å². The molecule has 1 aromatic rings. The molecule has 0 bridgehead atoms. The molecule has 1 unspecified atom stereocenters. The maximum atomic E-state index is 12.8. The number of benzene rings is 1. The van der Waals surface area contributed by atoms with Crippen LogP contribution in [0.5, 0.6) is 11.5 Å². The van der Waals surface area contributed by atoms with Crippen molar-refractivity contribution in [3.8, 4) is 11.5 Å². The predicted octanol–water partition coefficient (Wildman–Crippen LogP) is 5.38. The molecule has 0 heterocycles. The summed E-state index contributed by atoms with van der Waals surface area (Å²) in [5.74, 6) is 0.799. The van der Waals surface area contributed by atoms with Crippen molar-refractivity contribution in [1.82, 2.24) is 0 Å². The van der Waals surface area contributed by atoms with Crippen LogP contribution in [0.1, 0.15) is 73.7 Å². The molecule has 32 heavy (non-hydrogen) atoms. The van der Waals surface area contributed by atoms with Gasteiger partial charge in [0.05, 0.1) is 21.3 Å². The first kappa shape index (κ1) is 28.1. The Hall–Kier alpha value is -1.89. The number of rotatable bonds is 16. The Bertz CT molecular complexity index is 746. The summed E-state index contributed by atoms with van der Waals surface area (Å²) in [6.45, 7) is 2.13. The van der Waals surface area contributed by atoms with Crippen LogP contribution in [0.2, 0.25) is 0 Å². The molecule has 182 valence electrons. The molecule has 1 aromatic carbocycles. The summed E-state index contributed by atoms with van der Waals surface area (Å²) in [4.78, 5) is 23.5. The third-order valence-electron chi connectivity index (χ3n) is 5.66. The normalized spacial score (nSPS) is 13.3. The lowest BCUT2D eigenvalue weighted by atomic mass is 9.86. The molecule has 0 aliphatic carbocycles. The van der Waals surface area contributed by atoms with Crippen molar-refractivity contribution in [3.63, 3.8) is 0 Å². The molecular formula is C23H37O8P. The fourth-order valence-electron chi connectivity index (χ4n) is 3.91. The number of unbranched alkanes of at least 4 members (excludes halogenated alkanes) is 2. The molecule has 1 rings (SSSR count). The molecule has 0 N–H and O–H groups in total. The zero-order valence-corrected chi connectivity index (χ0v) is 20.9. The van der Waals surface area contributed by atoms with E-state index in [9.17, 15) is 14.2 Å². The van der Waals surface area contributed by atoms with E-state index in [1.807, 2.05) is 0 Å². The lowest BCUT2D eigenvalue weighted by Gasteiger charge is -2.24. The second-order valence-corrected chi connectivity index (χ2v) is 9.96. The molecule has 0 amide bonds. The van der Waals surface area contributed by atoms with E-state index in [-0.39, 0.29) is 5.92 Å². The largest absolute Gasteiger partial charge is 0.496 e. The first-order chi connectivity index (χ1) is 15.3. The van der Waals surface area contributed by atoms with E-state index in [0.29, 0.717) is 29.9 Å². The highest BCUT2D eigenvalue weighted by Crippen LogP contribution is 2.53. The van der Waals surface area contributed by atoms with Gasteiger partial charge >= 0.3 is 13.6 Å². The van der Waals surface area contributed by atoms with Crippen LogP contribution < -0.4 is 9.47 Å². The quantitative estimate of drug-likeness (QED) is 0.137. The maximum Gasteiger partial charge on any atom is 0.344 e. The Morgan fingerprint density at radius 1 is 0.938 bits per heavy atom. The van der Waals surface area contributed by atoms with E-state index in [0.717, 1.165) is 44.0 Å². The third-order valence-corrected chi connectivity index (χ3v) is 7.91. The van der Waals surface area contributed by atoms with Gasteiger partial charge in [-0.1, -0.05) is 32.6 Å². The molecule has 8 nitrogen and oxygen atoms in total. The van der Waals surface area contributed by atoms with Gasteiger partial charge in [0.2, 0.25) is 0 Å². The van der Waals surface area contributed by atoms with Crippen molar-refractivity contribution in [2.45, 2.75) is 63.4 Å². The molecule has 0 radical (unpaired) electrons. The SMILES string of the molecule is CCCC[C@@H](CCCCC(C(=O)OC)P(=O)(OC)OC)c1c(OC)cc(C=O)cc1OC. The van der Waals surface area contributed by atoms with Gasteiger partial charge in [0.25, 0.3) is 0 Å². The number of hydrogen-bond donors (Lipinski definition) is 0. The molecule has 0 aliphatic rings. The molecule has 0 spiro atoms. The summed E-state index contributed by atoms with van der Waals surface area (Å²) in [5, 5.41) is 0. The molecule has 0 aliphatic heterocycles. The van der Waals surface area contributed by atoms with Crippen molar-refractivity contribution in [3.05, 3.63) is 23.3 Å². The van der Waals surface area contributed by atoms with Crippen LogP contribution in [0.15, 0.2) is 12.1 Å². The standard InChI is InChI=1S/C23H37O8P/c1-7-8-11-18(22-19(27-2)14-17(16-24)15-20(22)28-3)12-9-10-13-21(23(25)29-4)32(26,30-5)31-6/h14-16,18,21H,7-13H2,1-6H3/t18-,21?/m0/s1. The van der Waals surface area contributed by atoms with Gasteiger partial charge in [-0.2, -0.15) is 0 Å². The number of carbonyl (C=O) groups excluding carboxylic acids is 2. The smallest absolute Gasteiger partial charge is 0.344 e. The second kappa shape index (κ2) is 14.3. The Balaban J connectivity index is 3.04. The van der Waals surface area contributed by atoms with Gasteiger partial charge < -0.3 is 23.3 Å². The molecule has 0 saturated carbocycles. The van der Waals surface area contributed by atoms with Crippen LogP contribution in [0.4, 0.5) is 0 Å². The highest BCUT2D eigenvalue weighted by Gasteiger charge is 2.40. The van der Waals surface area contributed by atoms with Crippen molar-refractivity contribution >= 4 is 19.9 Å². The van der Waals surface area contributed by atoms with Gasteiger partial charge in [-0.25, -0.2) is 0 Å². The molecule has 9 heteroatoms. The lowest BCUT2D eigenvalue weighted by molar-refractivity contribution is -0.140. The van der Waals surface area contributed by atoms with Crippen LogP contribution in [0, 0.1) is 0 Å². The second-order valence-electron chi connectivity index (χ2n) is 7.52. The van der Waals surface area contributed by atoms with E-state index in [1.54, 1.807) is 26.4 Å². The van der Waals surface area contributed by atoms with Crippen molar-refractivity contribution in [2.24, 2.45) is 0 Å². The highest BCUT2D eigenvalue weighted by atomic mass is 31.2. The van der Waals surface area contributed by atoms with E-state index >= 15 is 0 Å². The van der Waals surface area contributed by atoms with Crippen LogP contribution in [0.3, 0.4) is 0 Å². The molecular weight excluding hydrogens is 435 g/mol. The topological polar surface area (TPSA) is 97.4 Å². The van der Waals surface area contributed by atoms with Crippen molar-refractivity contribution in [2.75, 3.05) is 35.5 Å². The van der Waals surface area contributed by atoms with E-state index in [1.165, 1.54) is 21.3 Å². The van der Waals surface area contributed by atoms with Gasteiger partial charge in [-0.3, -0.25) is 14.2 Å². The molecule has 0 saturated heterocycles. The van der Waals surface area contributed by atoms with E-state index < -0.39 is 19.2 Å². The van der Waals surface area contributed by atoms with E-state index in [2.05, 4.69) is 6.92 Å². The Morgan fingerprint density at radius 2 is 1.47 bits per heavy atom. The Kier molecular flexibility index (Phi) is 12.6. The van der Waals surface area contributed by atoms with Crippen LogP contribution in [0.25, 0.3) is 0 Å². The fraction of sp³-hybridized carbons (Fsp3) is 0.652. The summed E-state index contributed by atoms with van der Waals surface area (Å²) in [6, 6.07) is 3.45. The molecule has 0 aromatic heterocycles. The van der Waals surface area contributed by atoms with Gasteiger partial charge in [0, 0.05) is 25.3 Å². The number of esters is 1. The first-order valence-corrected chi connectivity index (χ1v) is 12.5. The van der Waals surface area contributed by atoms with E-state index in [4.69, 9.17) is 23.3 Å². The minimum atomic E-state index is -3.59. The molecule has 0 fully saturated rings. The lowest BCUT2D eigenvalue weighted by Crippen LogP contribution is -2.24.